The van der Waals surface area contributed by atoms with Crippen LogP contribution in [0.3, 0.4) is 0 Å². The number of carbonyl (C=O) groups is 1. The molecule has 0 N–H and O–H groups in total. The summed E-state index contributed by atoms with van der Waals surface area (Å²) in [6, 6.07) is 0. The maximum absolute atomic E-state index is 11.7. The molecule has 0 aromatic carbocycles. The summed E-state index contributed by atoms with van der Waals surface area (Å²) in [7, 11) is 3.42. The molecule has 2 aromatic heterocycles. The van der Waals surface area contributed by atoms with Crippen LogP contribution in [0.1, 0.15) is 16.4 Å². The molecule has 0 aliphatic heterocycles. The van der Waals surface area contributed by atoms with Crippen LogP contribution in [0, 0.1) is 0 Å². The minimum absolute atomic E-state index is 0.115. The van der Waals surface area contributed by atoms with Crippen molar-refractivity contribution in [3.63, 3.8) is 0 Å². The molecular weight excluding hydrogens is 196 g/mol. The van der Waals surface area contributed by atoms with Crippen LogP contribution in [0.2, 0.25) is 0 Å². The Bertz CT molecular complexity index is 485. The standard InChI is InChI=1S/C8H10N6O/c1-13-4-3-9-8(13)6(15)5-7-10-12-14(2)11-7/h3-4H,5H2,1-2H3. The number of nitrogens with zero attached hydrogens (tertiary/aromatic N) is 6. The summed E-state index contributed by atoms with van der Waals surface area (Å²) in [5.41, 5.74) is 0. The number of hydrogen-bond donors (Lipinski definition) is 0. The third-order valence-corrected chi connectivity index (χ3v) is 1.94. The van der Waals surface area contributed by atoms with Crippen LogP contribution in [-0.2, 0) is 20.5 Å². The van der Waals surface area contributed by atoms with Gasteiger partial charge in [-0.3, -0.25) is 4.79 Å². The molecule has 2 heterocycles. The van der Waals surface area contributed by atoms with Crippen LogP contribution < -0.4 is 0 Å². The molecule has 0 aliphatic carbocycles. The van der Waals surface area contributed by atoms with Gasteiger partial charge in [-0.2, -0.15) is 4.80 Å². The molecule has 0 saturated heterocycles. The Labute approximate surface area is 85.7 Å². The quantitative estimate of drug-likeness (QED) is 0.625. The summed E-state index contributed by atoms with van der Waals surface area (Å²) in [6.07, 6.45) is 3.42. The zero-order valence-electron chi connectivity index (χ0n) is 8.45. The van der Waals surface area contributed by atoms with E-state index in [1.165, 1.54) is 4.80 Å². The highest BCUT2D eigenvalue weighted by atomic mass is 16.1. The van der Waals surface area contributed by atoms with Crippen LogP contribution in [0.5, 0.6) is 0 Å². The van der Waals surface area contributed by atoms with Gasteiger partial charge in [0.1, 0.15) is 0 Å². The normalized spacial score (nSPS) is 10.5. The second-order valence-corrected chi connectivity index (χ2v) is 3.16. The van der Waals surface area contributed by atoms with Crippen molar-refractivity contribution in [1.29, 1.82) is 0 Å². The smallest absolute Gasteiger partial charge is 0.205 e. The Morgan fingerprint density at radius 3 is 2.80 bits per heavy atom. The van der Waals surface area contributed by atoms with E-state index in [0.29, 0.717) is 11.6 Å². The van der Waals surface area contributed by atoms with E-state index in [4.69, 9.17) is 0 Å². The number of ketones is 1. The molecule has 0 unspecified atom stereocenters. The van der Waals surface area contributed by atoms with Gasteiger partial charge in [-0.15, -0.1) is 10.2 Å². The second kappa shape index (κ2) is 3.60. The second-order valence-electron chi connectivity index (χ2n) is 3.16. The maximum atomic E-state index is 11.7. The summed E-state index contributed by atoms with van der Waals surface area (Å²) in [4.78, 5) is 17.0. The van der Waals surface area contributed by atoms with Gasteiger partial charge in [-0.05, 0) is 5.21 Å². The molecule has 0 aliphatic rings. The van der Waals surface area contributed by atoms with Crippen molar-refractivity contribution in [3.05, 3.63) is 24.0 Å². The summed E-state index contributed by atoms with van der Waals surface area (Å²) in [6.45, 7) is 0. The first-order chi connectivity index (χ1) is 7.16. The van der Waals surface area contributed by atoms with Gasteiger partial charge in [-0.1, -0.05) is 0 Å². The summed E-state index contributed by atoms with van der Waals surface area (Å²) >= 11 is 0. The lowest BCUT2D eigenvalue weighted by molar-refractivity contribution is 0.0978. The number of carbonyl (C=O) groups excluding carboxylic acids is 1. The van der Waals surface area contributed by atoms with Gasteiger partial charge in [0.2, 0.25) is 5.78 Å². The maximum Gasteiger partial charge on any atom is 0.205 e. The number of Topliss-reactive ketones (excluding diaryl/α,β-unsaturated/α-hetero) is 1. The monoisotopic (exact) mass is 206 g/mol. The van der Waals surface area contributed by atoms with Gasteiger partial charge in [0.25, 0.3) is 0 Å². The van der Waals surface area contributed by atoms with E-state index in [2.05, 4.69) is 20.4 Å². The van der Waals surface area contributed by atoms with Crippen LogP contribution in [0.15, 0.2) is 12.4 Å². The van der Waals surface area contributed by atoms with Crippen molar-refractivity contribution in [1.82, 2.24) is 29.8 Å². The number of hydrogen-bond acceptors (Lipinski definition) is 5. The van der Waals surface area contributed by atoms with E-state index in [1.54, 1.807) is 31.1 Å². The van der Waals surface area contributed by atoms with E-state index < -0.39 is 0 Å². The van der Waals surface area contributed by atoms with Gasteiger partial charge < -0.3 is 4.57 Å². The lowest BCUT2D eigenvalue weighted by Crippen LogP contribution is -2.11. The fraction of sp³-hybridized carbons (Fsp3) is 0.375. The molecule has 0 radical (unpaired) electrons. The number of tetrazole rings is 1. The molecule has 78 valence electrons. The first kappa shape index (κ1) is 9.50. The third kappa shape index (κ3) is 1.90. The highest BCUT2D eigenvalue weighted by Gasteiger charge is 2.14. The van der Waals surface area contributed by atoms with E-state index in [0.717, 1.165) is 0 Å². The first-order valence-electron chi connectivity index (χ1n) is 4.40. The molecule has 2 rings (SSSR count). The predicted molar refractivity (Wildman–Crippen MR) is 50.0 cm³/mol. The molecule has 0 atom stereocenters. The molecule has 0 fully saturated rings. The number of aryl methyl sites for hydroxylation is 2. The summed E-state index contributed by atoms with van der Waals surface area (Å²) in [5, 5.41) is 11.3. The third-order valence-electron chi connectivity index (χ3n) is 1.94. The van der Waals surface area contributed by atoms with Gasteiger partial charge in [-0.25, -0.2) is 4.98 Å². The van der Waals surface area contributed by atoms with Crippen molar-refractivity contribution in [2.45, 2.75) is 6.42 Å². The van der Waals surface area contributed by atoms with Crippen molar-refractivity contribution in [2.75, 3.05) is 0 Å². The molecule has 0 bridgehead atoms. The van der Waals surface area contributed by atoms with Crippen LogP contribution in [0.25, 0.3) is 0 Å². The average molecular weight is 206 g/mol. The minimum atomic E-state index is -0.115. The Balaban J connectivity index is 2.14. The van der Waals surface area contributed by atoms with Gasteiger partial charge in [0, 0.05) is 19.4 Å². The van der Waals surface area contributed by atoms with Gasteiger partial charge in [0.05, 0.1) is 13.5 Å². The highest BCUT2D eigenvalue weighted by Crippen LogP contribution is 2.00. The van der Waals surface area contributed by atoms with Crippen molar-refractivity contribution in [3.8, 4) is 0 Å². The fourth-order valence-electron chi connectivity index (χ4n) is 1.25. The molecular formula is C8H10N6O. The van der Waals surface area contributed by atoms with E-state index in [9.17, 15) is 4.79 Å². The molecule has 7 heteroatoms. The Morgan fingerprint density at radius 2 is 2.27 bits per heavy atom. The van der Waals surface area contributed by atoms with Crippen LogP contribution >= 0.6 is 0 Å². The lowest BCUT2D eigenvalue weighted by atomic mass is 10.2. The lowest BCUT2D eigenvalue weighted by Gasteiger charge is -1.97. The highest BCUT2D eigenvalue weighted by molar-refractivity contribution is 5.93. The Morgan fingerprint density at radius 1 is 1.47 bits per heavy atom. The molecule has 0 saturated carbocycles. The van der Waals surface area contributed by atoms with Crippen molar-refractivity contribution in [2.24, 2.45) is 14.1 Å². The molecule has 7 nitrogen and oxygen atoms in total. The predicted octanol–water partition coefficient (Wildman–Crippen LogP) is -0.631. The molecule has 0 spiro atoms. The molecule has 2 aromatic rings. The number of aromatic nitrogens is 6. The van der Waals surface area contributed by atoms with Gasteiger partial charge >= 0.3 is 0 Å². The molecule has 0 amide bonds. The zero-order valence-corrected chi connectivity index (χ0v) is 8.45. The van der Waals surface area contributed by atoms with Crippen molar-refractivity contribution < 1.29 is 4.79 Å². The molecule has 15 heavy (non-hydrogen) atoms. The Kier molecular flexibility index (Phi) is 2.28. The number of rotatable bonds is 3. The largest absolute Gasteiger partial charge is 0.332 e. The van der Waals surface area contributed by atoms with Crippen molar-refractivity contribution >= 4 is 5.78 Å². The van der Waals surface area contributed by atoms with Crippen LogP contribution in [0.4, 0.5) is 0 Å². The summed E-state index contributed by atoms with van der Waals surface area (Å²) < 4.78 is 1.67. The van der Waals surface area contributed by atoms with Crippen LogP contribution in [-0.4, -0.2) is 35.5 Å². The zero-order chi connectivity index (χ0) is 10.8. The topological polar surface area (TPSA) is 78.5 Å². The number of imidazole rings is 1. The van der Waals surface area contributed by atoms with E-state index in [-0.39, 0.29) is 12.2 Å². The van der Waals surface area contributed by atoms with E-state index in [1.807, 2.05) is 0 Å². The summed E-state index contributed by atoms with van der Waals surface area (Å²) in [5.74, 6) is 0.698. The Hall–Kier alpha value is -2.05. The first-order valence-corrected chi connectivity index (χ1v) is 4.40. The van der Waals surface area contributed by atoms with Gasteiger partial charge in [0.15, 0.2) is 11.6 Å². The minimum Gasteiger partial charge on any atom is -0.332 e. The fourth-order valence-corrected chi connectivity index (χ4v) is 1.25. The SMILES string of the molecule is Cn1nnc(CC(=O)c2nccn2C)n1. The average Bonchev–Trinajstić information content (AvgIpc) is 2.75. The van der Waals surface area contributed by atoms with E-state index >= 15 is 0 Å².